The van der Waals surface area contributed by atoms with Gasteiger partial charge < -0.3 is 5.01 Å². The van der Waals surface area contributed by atoms with Crippen molar-refractivity contribution in [1.29, 1.82) is 0 Å². The Labute approximate surface area is 97.8 Å². The Morgan fingerprint density at radius 3 is 2.80 bits per heavy atom. The molecule has 0 saturated heterocycles. The summed E-state index contributed by atoms with van der Waals surface area (Å²) in [7, 11) is 1.81. The molecule has 1 aromatic rings. The van der Waals surface area contributed by atoms with E-state index in [2.05, 4.69) is 26.3 Å². The first-order chi connectivity index (χ1) is 7.13. The summed E-state index contributed by atoms with van der Waals surface area (Å²) in [4.78, 5) is 15.2. The van der Waals surface area contributed by atoms with Crippen LogP contribution in [0.25, 0.3) is 0 Å². The minimum Gasteiger partial charge on any atom is -0.306 e. The van der Waals surface area contributed by atoms with Crippen molar-refractivity contribution in [1.82, 2.24) is 10.4 Å². The number of hydrogen-bond donors (Lipinski definition) is 1. The van der Waals surface area contributed by atoms with Crippen LogP contribution in [0.2, 0.25) is 0 Å². The molecule has 0 radical (unpaired) electrons. The van der Waals surface area contributed by atoms with Crippen LogP contribution < -0.4 is 10.4 Å². The molecule has 82 valence electrons. The second-order valence-electron chi connectivity index (χ2n) is 3.08. The lowest BCUT2D eigenvalue weighted by atomic mass is 10.2. The maximum atomic E-state index is 11.0. The summed E-state index contributed by atoms with van der Waals surface area (Å²) in [6.45, 7) is 4.61. The number of carbonyl (C=O) groups excluding carboxylic acids is 1. The van der Waals surface area contributed by atoms with Crippen molar-refractivity contribution in [2.75, 3.05) is 18.6 Å². The highest BCUT2D eigenvalue weighted by molar-refractivity contribution is 9.10. The van der Waals surface area contributed by atoms with E-state index >= 15 is 0 Å². The lowest BCUT2D eigenvalue weighted by molar-refractivity contribution is 0.112. The number of aromatic nitrogens is 1. The number of rotatable bonds is 4. The summed E-state index contributed by atoms with van der Waals surface area (Å²) in [5, 5.41) is 1.86. The predicted octanol–water partition coefficient (Wildman–Crippen LogP) is 1.93. The summed E-state index contributed by atoms with van der Waals surface area (Å²) < 4.78 is 0.681. The van der Waals surface area contributed by atoms with Crippen molar-refractivity contribution in [3.63, 3.8) is 0 Å². The number of anilines is 1. The fraction of sp³-hybridized carbons (Fsp3) is 0.400. The first-order valence-electron chi connectivity index (χ1n) is 4.71. The molecule has 0 saturated carbocycles. The fourth-order valence-electron chi connectivity index (χ4n) is 1.44. The van der Waals surface area contributed by atoms with Gasteiger partial charge in [-0.25, -0.2) is 10.4 Å². The van der Waals surface area contributed by atoms with Gasteiger partial charge in [0.15, 0.2) is 6.29 Å². The zero-order valence-corrected chi connectivity index (χ0v) is 10.6. The van der Waals surface area contributed by atoms with Crippen LogP contribution in [-0.4, -0.2) is 24.9 Å². The zero-order valence-electron chi connectivity index (χ0n) is 9.04. The highest BCUT2D eigenvalue weighted by Gasteiger charge is 2.14. The molecule has 1 heterocycles. The molecule has 4 nitrogen and oxygen atoms in total. The number of nitrogens with zero attached hydrogens (tertiary/aromatic N) is 2. The number of nitrogens with one attached hydrogen (secondary N) is 1. The van der Waals surface area contributed by atoms with Gasteiger partial charge in [-0.05, 0) is 35.8 Å². The molecule has 0 unspecified atom stereocenters. The molecule has 0 aliphatic heterocycles. The number of pyridine rings is 1. The summed E-state index contributed by atoms with van der Waals surface area (Å²) in [5.41, 5.74) is 5.24. The third-order valence-corrected chi connectivity index (χ3v) is 2.64. The predicted molar refractivity (Wildman–Crippen MR) is 64.1 cm³/mol. The SMILES string of the molecule is CCN(NC)c1c(C=O)cc(C)nc1Br. The molecular weight excluding hydrogens is 258 g/mol. The molecule has 0 amide bonds. The Kier molecular flexibility index (Phi) is 4.23. The minimum atomic E-state index is 0.630. The molecule has 0 bridgehead atoms. The number of aldehydes is 1. The van der Waals surface area contributed by atoms with E-state index in [1.807, 2.05) is 25.9 Å². The van der Waals surface area contributed by atoms with E-state index in [0.29, 0.717) is 10.2 Å². The quantitative estimate of drug-likeness (QED) is 0.517. The number of halogens is 1. The van der Waals surface area contributed by atoms with Crippen LogP contribution in [-0.2, 0) is 0 Å². The average molecular weight is 272 g/mol. The first-order valence-corrected chi connectivity index (χ1v) is 5.50. The van der Waals surface area contributed by atoms with E-state index in [0.717, 1.165) is 24.2 Å². The van der Waals surface area contributed by atoms with E-state index in [1.54, 1.807) is 6.07 Å². The van der Waals surface area contributed by atoms with Crippen molar-refractivity contribution in [2.24, 2.45) is 0 Å². The van der Waals surface area contributed by atoms with E-state index < -0.39 is 0 Å². The van der Waals surface area contributed by atoms with Gasteiger partial charge in [-0.3, -0.25) is 4.79 Å². The van der Waals surface area contributed by atoms with Crippen LogP contribution in [0.1, 0.15) is 23.0 Å². The van der Waals surface area contributed by atoms with Gasteiger partial charge in [-0.15, -0.1) is 0 Å². The molecule has 0 aliphatic carbocycles. The van der Waals surface area contributed by atoms with Crippen molar-refractivity contribution < 1.29 is 4.79 Å². The molecule has 5 heteroatoms. The third kappa shape index (κ3) is 2.54. The van der Waals surface area contributed by atoms with Crippen LogP contribution in [0.4, 0.5) is 5.69 Å². The number of carbonyl (C=O) groups is 1. The Morgan fingerprint density at radius 2 is 2.33 bits per heavy atom. The average Bonchev–Trinajstić information content (AvgIpc) is 2.21. The monoisotopic (exact) mass is 271 g/mol. The molecule has 0 atom stereocenters. The smallest absolute Gasteiger partial charge is 0.152 e. The van der Waals surface area contributed by atoms with Crippen LogP contribution >= 0.6 is 15.9 Å². The van der Waals surface area contributed by atoms with Gasteiger partial charge in [0.25, 0.3) is 0 Å². The van der Waals surface area contributed by atoms with Crippen molar-refractivity contribution in [3.8, 4) is 0 Å². The Hall–Kier alpha value is -0.940. The molecule has 0 fully saturated rings. The van der Waals surface area contributed by atoms with Gasteiger partial charge in [-0.2, -0.15) is 0 Å². The molecule has 1 aromatic heterocycles. The highest BCUT2D eigenvalue weighted by atomic mass is 79.9. The van der Waals surface area contributed by atoms with Crippen LogP contribution in [0.5, 0.6) is 0 Å². The number of hydrogen-bond acceptors (Lipinski definition) is 4. The van der Waals surface area contributed by atoms with Gasteiger partial charge in [0, 0.05) is 24.8 Å². The minimum absolute atomic E-state index is 0.630. The normalized spacial score (nSPS) is 10.1. The maximum Gasteiger partial charge on any atom is 0.152 e. The lowest BCUT2D eigenvalue weighted by Crippen LogP contribution is -2.36. The molecule has 0 aliphatic rings. The van der Waals surface area contributed by atoms with Crippen LogP contribution in [0, 0.1) is 6.92 Å². The summed E-state index contributed by atoms with van der Waals surface area (Å²) in [6.07, 6.45) is 0.842. The maximum absolute atomic E-state index is 11.0. The molecule has 0 aromatic carbocycles. The summed E-state index contributed by atoms with van der Waals surface area (Å²) in [5.74, 6) is 0. The molecule has 1 N–H and O–H groups in total. The second kappa shape index (κ2) is 5.23. The van der Waals surface area contributed by atoms with Crippen LogP contribution in [0.15, 0.2) is 10.7 Å². The Balaban J connectivity index is 3.31. The third-order valence-electron chi connectivity index (χ3n) is 2.09. The topological polar surface area (TPSA) is 45.2 Å². The molecule has 15 heavy (non-hydrogen) atoms. The van der Waals surface area contributed by atoms with Crippen molar-refractivity contribution >= 4 is 27.9 Å². The molecule has 0 spiro atoms. The van der Waals surface area contributed by atoms with E-state index in [9.17, 15) is 4.79 Å². The standard InChI is InChI=1S/C10H14BrN3O/c1-4-14(12-3)9-8(6-15)5-7(2)13-10(9)11/h5-6,12H,4H2,1-3H3. The van der Waals surface area contributed by atoms with Gasteiger partial charge in [0.2, 0.25) is 0 Å². The number of hydrazine groups is 1. The van der Waals surface area contributed by atoms with Gasteiger partial charge in [0.1, 0.15) is 4.60 Å². The molecular formula is C10H14BrN3O. The molecule has 1 rings (SSSR count). The zero-order chi connectivity index (χ0) is 11.4. The van der Waals surface area contributed by atoms with Crippen LogP contribution in [0.3, 0.4) is 0 Å². The summed E-state index contributed by atoms with van der Waals surface area (Å²) in [6, 6.07) is 1.77. The highest BCUT2D eigenvalue weighted by Crippen LogP contribution is 2.27. The van der Waals surface area contributed by atoms with E-state index in [-0.39, 0.29) is 0 Å². The van der Waals surface area contributed by atoms with Gasteiger partial charge in [-0.1, -0.05) is 0 Å². The van der Waals surface area contributed by atoms with E-state index in [1.165, 1.54) is 0 Å². The van der Waals surface area contributed by atoms with Gasteiger partial charge >= 0.3 is 0 Å². The van der Waals surface area contributed by atoms with E-state index in [4.69, 9.17) is 0 Å². The first kappa shape index (κ1) is 12.1. The van der Waals surface area contributed by atoms with Crippen molar-refractivity contribution in [3.05, 3.63) is 21.9 Å². The Morgan fingerprint density at radius 1 is 1.67 bits per heavy atom. The second-order valence-corrected chi connectivity index (χ2v) is 3.83. The van der Waals surface area contributed by atoms with Gasteiger partial charge in [0.05, 0.1) is 5.69 Å². The Bertz CT molecular complexity index is 364. The lowest BCUT2D eigenvalue weighted by Gasteiger charge is -2.24. The summed E-state index contributed by atoms with van der Waals surface area (Å²) >= 11 is 3.37. The fourth-order valence-corrected chi connectivity index (χ4v) is 2.16. The largest absolute Gasteiger partial charge is 0.306 e. The number of aryl methyl sites for hydroxylation is 1. The van der Waals surface area contributed by atoms with Crippen molar-refractivity contribution in [2.45, 2.75) is 13.8 Å².